The van der Waals surface area contributed by atoms with Gasteiger partial charge in [0.05, 0.1) is 38.9 Å². The van der Waals surface area contributed by atoms with E-state index in [2.05, 4.69) is 35.0 Å². The zero-order valence-electron chi connectivity index (χ0n) is 17.3. The van der Waals surface area contributed by atoms with E-state index < -0.39 is 0 Å². The molecule has 0 saturated carbocycles. The summed E-state index contributed by atoms with van der Waals surface area (Å²) >= 11 is 0. The van der Waals surface area contributed by atoms with Crippen molar-refractivity contribution in [1.29, 1.82) is 0 Å². The predicted molar refractivity (Wildman–Crippen MR) is 110 cm³/mol. The molecular weight excluding hydrogens is 370 g/mol. The molecule has 1 aromatic heterocycles. The second-order valence-corrected chi connectivity index (χ2v) is 6.91. The fourth-order valence-corrected chi connectivity index (χ4v) is 3.89. The number of methoxy groups -OCH3 is 4. The highest BCUT2D eigenvalue weighted by molar-refractivity contribution is 5.91. The van der Waals surface area contributed by atoms with E-state index in [1.807, 2.05) is 6.07 Å². The van der Waals surface area contributed by atoms with Gasteiger partial charge in [-0.2, -0.15) is 4.57 Å². The number of hydrogen-bond acceptors (Lipinski definition) is 5. The number of nitrogens with zero attached hydrogens (tertiary/aromatic N) is 1. The average molecular weight is 396 g/mol. The van der Waals surface area contributed by atoms with Crippen molar-refractivity contribution >= 4 is 10.8 Å². The van der Waals surface area contributed by atoms with Crippen LogP contribution < -0.4 is 23.5 Å². The minimum atomic E-state index is 0.478. The van der Waals surface area contributed by atoms with Crippen molar-refractivity contribution in [3.8, 4) is 34.3 Å². The monoisotopic (exact) mass is 396 g/mol. The van der Waals surface area contributed by atoms with Crippen molar-refractivity contribution in [3.63, 3.8) is 0 Å². The van der Waals surface area contributed by atoms with Gasteiger partial charge in [-0.05, 0) is 35.2 Å². The molecule has 0 fully saturated rings. The van der Waals surface area contributed by atoms with Gasteiger partial charge in [0.2, 0.25) is 5.69 Å². The van der Waals surface area contributed by atoms with E-state index in [-0.39, 0.29) is 0 Å². The summed E-state index contributed by atoms with van der Waals surface area (Å²) in [6.07, 6.45) is 3.07. The Bertz CT molecular complexity index is 1050. The Hall–Kier alpha value is -2.99. The quantitative estimate of drug-likeness (QED) is 0.453. The molecule has 0 saturated heterocycles. The molecule has 2 heterocycles. The van der Waals surface area contributed by atoms with Crippen molar-refractivity contribution in [1.82, 2.24) is 0 Å². The lowest BCUT2D eigenvalue weighted by molar-refractivity contribution is -0.686. The summed E-state index contributed by atoms with van der Waals surface area (Å²) < 4.78 is 29.9. The van der Waals surface area contributed by atoms with E-state index in [4.69, 9.17) is 23.7 Å². The van der Waals surface area contributed by atoms with E-state index >= 15 is 0 Å². The number of aryl methyl sites for hydroxylation is 2. The van der Waals surface area contributed by atoms with E-state index in [0.717, 1.165) is 58.0 Å². The van der Waals surface area contributed by atoms with Crippen LogP contribution in [0.15, 0.2) is 36.5 Å². The van der Waals surface area contributed by atoms with Gasteiger partial charge in [0, 0.05) is 19.6 Å². The first-order chi connectivity index (χ1) is 14.2. The van der Waals surface area contributed by atoms with Crippen LogP contribution in [0, 0.1) is 0 Å². The van der Waals surface area contributed by atoms with Crippen LogP contribution in [-0.4, -0.2) is 41.7 Å². The topological polar surface area (TPSA) is 50.0 Å². The largest absolute Gasteiger partial charge is 0.493 e. The third-order valence-corrected chi connectivity index (χ3v) is 5.34. The summed E-state index contributed by atoms with van der Waals surface area (Å²) in [5.41, 5.74) is 3.57. The molecule has 0 spiro atoms. The molecule has 0 aliphatic carbocycles. The van der Waals surface area contributed by atoms with Gasteiger partial charge in [0.1, 0.15) is 6.61 Å². The van der Waals surface area contributed by atoms with Crippen molar-refractivity contribution in [2.75, 3.05) is 41.7 Å². The van der Waals surface area contributed by atoms with Crippen LogP contribution in [0.25, 0.3) is 22.0 Å². The van der Waals surface area contributed by atoms with Gasteiger partial charge in [-0.3, -0.25) is 0 Å². The Kier molecular flexibility index (Phi) is 5.45. The number of rotatable bonds is 7. The summed E-state index contributed by atoms with van der Waals surface area (Å²) in [7, 11) is 6.67. The minimum absolute atomic E-state index is 0.478. The average Bonchev–Trinajstić information content (AvgIpc) is 2.76. The molecule has 0 bridgehead atoms. The van der Waals surface area contributed by atoms with Gasteiger partial charge in [0.15, 0.2) is 35.7 Å². The molecule has 4 rings (SSSR count). The smallest absolute Gasteiger partial charge is 0.213 e. The van der Waals surface area contributed by atoms with E-state index in [1.54, 1.807) is 28.4 Å². The first kappa shape index (κ1) is 19.3. The zero-order chi connectivity index (χ0) is 20.4. The first-order valence-corrected chi connectivity index (χ1v) is 9.61. The molecule has 29 heavy (non-hydrogen) atoms. The van der Waals surface area contributed by atoms with Crippen molar-refractivity contribution in [3.05, 3.63) is 42.1 Å². The number of pyridine rings is 1. The summed E-state index contributed by atoms with van der Waals surface area (Å²) in [5, 5.41) is 2.12. The molecular formula is C23H26NO5+. The lowest BCUT2D eigenvalue weighted by Crippen LogP contribution is -2.40. The standard InChI is InChI=1S/C23H26NO5/c1-25-9-10-29-20-6-5-15-11-19-17-13-22(27-3)21(26-2)12-16(17)7-8-24(19)14-18(15)23(20)28-4/h5-6,11-14H,7-10H2,1-4H3/q+1. The molecule has 152 valence electrons. The second kappa shape index (κ2) is 8.17. The number of hydrogen-bond donors (Lipinski definition) is 0. The van der Waals surface area contributed by atoms with Crippen LogP contribution in [0.4, 0.5) is 0 Å². The molecule has 6 heteroatoms. The molecule has 0 unspecified atom stereocenters. The maximum absolute atomic E-state index is 5.84. The summed E-state index contributed by atoms with van der Waals surface area (Å²) in [6.45, 7) is 1.89. The second-order valence-electron chi connectivity index (χ2n) is 6.91. The maximum atomic E-state index is 5.84. The third-order valence-electron chi connectivity index (χ3n) is 5.34. The van der Waals surface area contributed by atoms with Gasteiger partial charge in [0.25, 0.3) is 0 Å². The Balaban J connectivity index is 1.83. The van der Waals surface area contributed by atoms with Crippen LogP contribution in [0.2, 0.25) is 0 Å². The molecule has 0 amide bonds. The van der Waals surface area contributed by atoms with Gasteiger partial charge >= 0.3 is 0 Å². The van der Waals surface area contributed by atoms with E-state index in [9.17, 15) is 0 Å². The predicted octanol–water partition coefficient (Wildman–Crippen LogP) is 3.40. The fourth-order valence-electron chi connectivity index (χ4n) is 3.89. The molecule has 0 N–H and O–H groups in total. The molecule has 0 atom stereocenters. The van der Waals surface area contributed by atoms with Gasteiger partial charge < -0.3 is 23.7 Å². The molecule has 1 aliphatic rings. The van der Waals surface area contributed by atoms with Crippen molar-refractivity contribution in [2.45, 2.75) is 13.0 Å². The lowest BCUT2D eigenvalue weighted by atomic mass is 9.95. The lowest BCUT2D eigenvalue weighted by Gasteiger charge is -2.19. The number of aromatic nitrogens is 1. The highest BCUT2D eigenvalue weighted by atomic mass is 16.5. The Labute approximate surface area is 170 Å². The van der Waals surface area contributed by atoms with Gasteiger partial charge in [-0.25, -0.2) is 0 Å². The number of fused-ring (bicyclic) bond motifs is 4. The summed E-state index contributed by atoms with van der Waals surface area (Å²) in [4.78, 5) is 0. The van der Waals surface area contributed by atoms with Crippen molar-refractivity contribution in [2.24, 2.45) is 0 Å². The fraction of sp³-hybridized carbons (Fsp3) is 0.348. The van der Waals surface area contributed by atoms with Gasteiger partial charge in [-0.1, -0.05) is 0 Å². The third kappa shape index (κ3) is 3.44. The molecule has 0 radical (unpaired) electrons. The SMILES string of the molecule is COCCOc1ccc2cc3[n+](cc2c1OC)CCc1cc(OC)c(OC)cc1-3. The van der Waals surface area contributed by atoms with E-state index in [0.29, 0.717) is 13.2 Å². The van der Waals surface area contributed by atoms with E-state index in [1.165, 1.54) is 5.56 Å². The summed E-state index contributed by atoms with van der Waals surface area (Å²) in [5.74, 6) is 2.96. The minimum Gasteiger partial charge on any atom is -0.493 e. The van der Waals surface area contributed by atoms with Crippen molar-refractivity contribution < 1.29 is 28.3 Å². The maximum Gasteiger partial charge on any atom is 0.213 e. The first-order valence-electron chi connectivity index (χ1n) is 9.61. The van der Waals surface area contributed by atoms with Gasteiger partial charge in [-0.15, -0.1) is 0 Å². The number of ether oxygens (including phenoxy) is 5. The van der Waals surface area contributed by atoms with Crippen LogP contribution in [-0.2, 0) is 17.7 Å². The molecule has 1 aliphatic heterocycles. The van der Waals surface area contributed by atoms with Crippen LogP contribution in [0.3, 0.4) is 0 Å². The molecule has 6 nitrogen and oxygen atoms in total. The van der Waals surface area contributed by atoms with Crippen LogP contribution in [0.1, 0.15) is 5.56 Å². The van der Waals surface area contributed by atoms with Crippen LogP contribution in [0.5, 0.6) is 23.0 Å². The Morgan fingerprint density at radius 1 is 0.862 bits per heavy atom. The molecule has 3 aromatic rings. The molecule has 2 aromatic carbocycles. The zero-order valence-corrected chi connectivity index (χ0v) is 17.3. The number of benzene rings is 2. The Morgan fingerprint density at radius 3 is 2.38 bits per heavy atom. The highest BCUT2D eigenvalue weighted by Gasteiger charge is 2.27. The highest BCUT2D eigenvalue weighted by Crippen LogP contribution is 2.40. The van der Waals surface area contributed by atoms with Crippen LogP contribution >= 0.6 is 0 Å². The summed E-state index contributed by atoms with van der Waals surface area (Å²) in [6, 6.07) is 10.3. The Morgan fingerprint density at radius 2 is 1.66 bits per heavy atom. The normalized spacial score (nSPS) is 12.3.